The normalized spacial score (nSPS) is 29.0. The van der Waals surface area contributed by atoms with Crippen molar-refractivity contribution < 1.29 is 4.79 Å². The largest absolute Gasteiger partial charge is 0.356 e. The molecular weight excluding hydrogens is 236 g/mol. The third-order valence-electron chi connectivity index (χ3n) is 4.06. The van der Waals surface area contributed by atoms with Gasteiger partial charge in [-0.2, -0.15) is 0 Å². The van der Waals surface area contributed by atoms with Crippen molar-refractivity contribution in [1.82, 2.24) is 10.6 Å². The van der Waals surface area contributed by atoms with Gasteiger partial charge in [-0.25, -0.2) is 0 Å². The number of carbonyl (C=O) groups is 1. The maximum atomic E-state index is 11.7. The SMILES string of the molecule is CC1CCC(CC(=O)NCC2CNC2)CC1.Cl. The number of carbonyl (C=O) groups excluding carboxylic acids is 1. The van der Waals surface area contributed by atoms with Crippen molar-refractivity contribution in [3.8, 4) is 0 Å². The van der Waals surface area contributed by atoms with Crippen molar-refractivity contribution >= 4 is 18.3 Å². The summed E-state index contributed by atoms with van der Waals surface area (Å²) in [6.07, 6.45) is 5.88. The zero-order valence-electron chi connectivity index (χ0n) is 10.7. The monoisotopic (exact) mass is 260 g/mol. The highest BCUT2D eigenvalue weighted by atomic mass is 35.5. The first-order valence-electron chi connectivity index (χ1n) is 6.71. The molecule has 3 nitrogen and oxygen atoms in total. The van der Waals surface area contributed by atoms with Crippen LogP contribution in [-0.4, -0.2) is 25.5 Å². The van der Waals surface area contributed by atoms with E-state index >= 15 is 0 Å². The zero-order chi connectivity index (χ0) is 11.4. The summed E-state index contributed by atoms with van der Waals surface area (Å²) in [7, 11) is 0. The van der Waals surface area contributed by atoms with Crippen LogP contribution in [0.15, 0.2) is 0 Å². The molecule has 0 spiro atoms. The second-order valence-corrected chi connectivity index (χ2v) is 5.66. The minimum atomic E-state index is 0. The van der Waals surface area contributed by atoms with Crippen molar-refractivity contribution in [3.05, 3.63) is 0 Å². The summed E-state index contributed by atoms with van der Waals surface area (Å²) in [5, 5.41) is 6.28. The van der Waals surface area contributed by atoms with Crippen LogP contribution < -0.4 is 10.6 Å². The van der Waals surface area contributed by atoms with Crippen LogP contribution in [0.2, 0.25) is 0 Å². The third kappa shape index (κ3) is 4.84. The minimum absolute atomic E-state index is 0. The molecule has 0 atom stereocenters. The van der Waals surface area contributed by atoms with Gasteiger partial charge in [0.2, 0.25) is 5.91 Å². The quantitative estimate of drug-likeness (QED) is 0.811. The summed E-state index contributed by atoms with van der Waals surface area (Å²) in [4.78, 5) is 11.7. The number of halogens is 1. The summed E-state index contributed by atoms with van der Waals surface area (Å²) < 4.78 is 0. The standard InChI is InChI=1S/C13H24N2O.ClH/c1-10-2-4-11(5-3-10)6-13(16)15-9-12-7-14-8-12;/h10-12,14H,2-9H2,1H3,(H,15,16);1H. The number of hydrogen-bond acceptors (Lipinski definition) is 2. The van der Waals surface area contributed by atoms with E-state index in [1.807, 2.05) is 0 Å². The van der Waals surface area contributed by atoms with Crippen molar-refractivity contribution in [2.45, 2.75) is 39.0 Å². The van der Waals surface area contributed by atoms with Crippen LogP contribution in [0.3, 0.4) is 0 Å². The molecule has 0 bridgehead atoms. The molecule has 100 valence electrons. The van der Waals surface area contributed by atoms with Gasteiger partial charge in [0.1, 0.15) is 0 Å². The fourth-order valence-electron chi connectivity index (χ4n) is 2.62. The van der Waals surface area contributed by atoms with Gasteiger partial charge in [-0.1, -0.05) is 19.8 Å². The number of hydrogen-bond donors (Lipinski definition) is 2. The average molecular weight is 261 g/mol. The lowest BCUT2D eigenvalue weighted by Gasteiger charge is -2.28. The van der Waals surface area contributed by atoms with Crippen LogP contribution in [0.4, 0.5) is 0 Å². The lowest BCUT2D eigenvalue weighted by Crippen LogP contribution is -2.48. The smallest absolute Gasteiger partial charge is 0.220 e. The van der Waals surface area contributed by atoms with E-state index in [1.54, 1.807) is 0 Å². The number of rotatable bonds is 4. The molecule has 0 unspecified atom stereocenters. The molecule has 0 radical (unpaired) electrons. The van der Waals surface area contributed by atoms with Crippen LogP contribution in [0.1, 0.15) is 39.0 Å². The van der Waals surface area contributed by atoms with Crippen molar-refractivity contribution in [3.63, 3.8) is 0 Å². The van der Waals surface area contributed by atoms with Gasteiger partial charge < -0.3 is 10.6 Å². The Kier molecular flexibility index (Phi) is 6.28. The van der Waals surface area contributed by atoms with E-state index in [1.165, 1.54) is 25.7 Å². The molecule has 1 saturated heterocycles. The summed E-state index contributed by atoms with van der Waals surface area (Å²) >= 11 is 0. The number of amides is 1. The van der Waals surface area contributed by atoms with Crippen molar-refractivity contribution in [2.75, 3.05) is 19.6 Å². The molecule has 0 aromatic carbocycles. The highest BCUT2D eigenvalue weighted by molar-refractivity contribution is 5.85. The lowest BCUT2D eigenvalue weighted by molar-refractivity contribution is -0.122. The Labute approximate surface area is 111 Å². The molecule has 17 heavy (non-hydrogen) atoms. The van der Waals surface area contributed by atoms with Gasteiger partial charge in [0.25, 0.3) is 0 Å². The molecule has 2 aliphatic rings. The van der Waals surface area contributed by atoms with E-state index in [4.69, 9.17) is 0 Å². The summed E-state index contributed by atoms with van der Waals surface area (Å²) in [5.41, 5.74) is 0. The second-order valence-electron chi connectivity index (χ2n) is 5.66. The molecule has 0 aromatic rings. The average Bonchev–Trinajstić information content (AvgIpc) is 2.19. The van der Waals surface area contributed by atoms with E-state index in [0.717, 1.165) is 32.0 Å². The first kappa shape index (κ1) is 14.8. The Morgan fingerprint density at radius 1 is 1.18 bits per heavy atom. The molecule has 1 aliphatic carbocycles. The first-order valence-corrected chi connectivity index (χ1v) is 6.71. The fourth-order valence-corrected chi connectivity index (χ4v) is 2.62. The predicted molar refractivity (Wildman–Crippen MR) is 72.4 cm³/mol. The zero-order valence-corrected chi connectivity index (χ0v) is 11.5. The van der Waals surface area contributed by atoms with E-state index in [0.29, 0.717) is 11.8 Å². The third-order valence-corrected chi connectivity index (χ3v) is 4.06. The Balaban J connectivity index is 0.00000144. The molecule has 2 N–H and O–H groups in total. The molecule has 1 amide bonds. The highest BCUT2D eigenvalue weighted by Gasteiger charge is 2.22. The van der Waals surface area contributed by atoms with Gasteiger partial charge in [-0.15, -0.1) is 12.4 Å². The maximum Gasteiger partial charge on any atom is 0.220 e. The molecule has 2 fully saturated rings. The minimum Gasteiger partial charge on any atom is -0.356 e. The molecule has 1 saturated carbocycles. The molecule has 0 aromatic heterocycles. The van der Waals surface area contributed by atoms with Gasteiger partial charge in [-0.3, -0.25) is 4.79 Å². The molecule has 2 rings (SSSR count). The van der Waals surface area contributed by atoms with Crippen molar-refractivity contribution in [2.24, 2.45) is 17.8 Å². The first-order chi connectivity index (χ1) is 7.74. The Bertz CT molecular complexity index is 236. The van der Waals surface area contributed by atoms with Gasteiger partial charge in [-0.05, 0) is 24.7 Å². The van der Waals surface area contributed by atoms with Crippen LogP contribution in [0.25, 0.3) is 0 Å². The lowest BCUT2D eigenvalue weighted by atomic mass is 9.81. The van der Waals surface area contributed by atoms with Gasteiger partial charge in [0.15, 0.2) is 0 Å². The molecule has 4 heteroatoms. The van der Waals surface area contributed by atoms with E-state index in [-0.39, 0.29) is 18.3 Å². The summed E-state index contributed by atoms with van der Waals surface area (Å²) in [6, 6.07) is 0. The van der Waals surface area contributed by atoms with Gasteiger partial charge in [0, 0.05) is 32.0 Å². The van der Waals surface area contributed by atoms with E-state index in [2.05, 4.69) is 17.6 Å². The summed E-state index contributed by atoms with van der Waals surface area (Å²) in [5.74, 6) is 2.47. The van der Waals surface area contributed by atoms with Crippen LogP contribution in [0.5, 0.6) is 0 Å². The Morgan fingerprint density at radius 3 is 2.35 bits per heavy atom. The maximum absolute atomic E-state index is 11.7. The summed E-state index contributed by atoms with van der Waals surface area (Å²) in [6.45, 7) is 5.33. The predicted octanol–water partition coefficient (Wildman–Crippen LogP) is 1.96. The fraction of sp³-hybridized carbons (Fsp3) is 0.923. The van der Waals surface area contributed by atoms with Crippen LogP contribution >= 0.6 is 12.4 Å². The van der Waals surface area contributed by atoms with Crippen LogP contribution in [0, 0.1) is 17.8 Å². The molecule has 1 aliphatic heterocycles. The van der Waals surface area contributed by atoms with Gasteiger partial charge >= 0.3 is 0 Å². The number of nitrogens with one attached hydrogen (secondary N) is 2. The highest BCUT2D eigenvalue weighted by Crippen LogP contribution is 2.30. The van der Waals surface area contributed by atoms with Crippen LogP contribution in [-0.2, 0) is 4.79 Å². The molecule has 1 heterocycles. The Hall–Kier alpha value is -0.280. The van der Waals surface area contributed by atoms with E-state index < -0.39 is 0 Å². The van der Waals surface area contributed by atoms with Gasteiger partial charge in [0.05, 0.1) is 0 Å². The van der Waals surface area contributed by atoms with Crippen molar-refractivity contribution in [1.29, 1.82) is 0 Å². The Morgan fingerprint density at radius 2 is 1.82 bits per heavy atom. The van der Waals surface area contributed by atoms with E-state index in [9.17, 15) is 4.79 Å². The molecular formula is C13H25ClN2O. The second kappa shape index (κ2) is 7.22. The topological polar surface area (TPSA) is 41.1 Å².